The number of carbonyl (C=O) groups excluding carboxylic acids is 2. The van der Waals surface area contributed by atoms with E-state index in [1.54, 1.807) is 0 Å². The van der Waals surface area contributed by atoms with Gasteiger partial charge in [0.25, 0.3) is 0 Å². The molecule has 0 fully saturated rings. The number of unbranched alkanes of at least 4 members (excludes halogenated alkanes) is 15. The lowest BCUT2D eigenvalue weighted by Crippen LogP contribution is -2.23. The van der Waals surface area contributed by atoms with Crippen LogP contribution in [0.25, 0.3) is 0 Å². The van der Waals surface area contributed by atoms with Gasteiger partial charge in [0.2, 0.25) is 0 Å². The van der Waals surface area contributed by atoms with Crippen molar-refractivity contribution in [3.05, 3.63) is 0 Å². The molecule has 7 nitrogen and oxygen atoms in total. The summed E-state index contributed by atoms with van der Waals surface area (Å²) in [5.74, 6) is 0.592. The van der Waals surface area contributed by atoms with E-state index in [9.17, 15) is 9.59 Å². The minimum absolute atomic E-state index is 0.133. The minimum atomic E-state index is -0.621. The van der Waals surface area contributed by atoms with Crippen LogP contribution in [0.2, 0.25) is 0 Å². The summed E-state index contributed by atoms with van der Waals surface area (Å²) in [6.45, 7) is 6.29. The second-order valence-electron chi connectivity index (χ2n) is 13.5. The van der Waals surface area contributed by atoms with Crippen LogP contribution in [0.3, 0.4) is 0 Å². The second kappa shape index (κ2) is 34.0. The maximum absolute atomic E-state index is 12.6. The highest BCUT2D eigenvalue weighted by atomic mass is 16.7. The lowest BCUT2D eigenvalue weighted by atomic mass is 9.90. The molecule has 0 amide bonds. The summed E-state index contributed by atoms with van der Waals surface area (Å²) in [4.78, 5) is 27.0. The molecule has 45 heavy (non-hydrogen) atoms. The molecule has 0 saturated carbocycles. The maximum atomic E-state index is 12.6. The largest absolute Gasteiger partial charge is 0.508 e. The van der Waals surface area contributed by atoms with Crippen LogP contribution < -0.4 is 0 Å². The molecule has 0 aliphatic heterocycles. The van der Waals surface area contributed by atoms with Crippen LogP contribution in [0, 0.1) is 5.92 Å². The van der Waals surface area contributed by atoms with Gasteiger partial charge in [-0.15, -0.1) is 0 Å². The first-order chi connectivity index (χ1) is 21.9. The van der Waals surface area contributed by atoms with Crippen molar-refractivity contribution in [2.75, 3.05) is 40.5 Å². The van der Waals surface area contributed by atoms with Gasteiger partial charge in [-0.2, -0.15) is 0 Å². The number of nitrogens with zero attached hydrogens (tertiary/aromatic N) is 1. The molecule has 0 aromatic carbocycles. The maximum Gasteiger partial charge on any atom is 0.508 e. The Morgan fingerprint density at radius 1 is 0.578 bits per heavy atom. The Bertz CT molecular complexity index is 630. The van der Waals surface area contributed by atoms with Crippen molar-refractivity contribution in [3.63, 3.8) is 0 Å². The zero-order chi connectivity index (χ0) is 33.2. The number of carbonyl (C=O) groups is 2. The first-order valence-electron chi connectivity index (χ1n) is 19.2. The van der Waals surface area contributed by atoms with Gasteiger partial charge in [-0.05, 0) is 58.5 Å². The van der Waals surface area contributed by atoms with Gasteiger partial charge in [0.1, 0.15) is 6.10 Å². The fourth-order valence-corrected chi connectivity index (χ4v) is 5.93. The summed E-state index contributed by atoms with van der Waals surface area (Å²) in [6, 6.07) is 0. The molecule has 0 spiro atoms. The normalized spacial score (nSPS) is 12.2. The van der Waals surface area contributed by atoms with Gasteiger partial charge >= 0.3 is 12.1 Å². The van der Waals surface area contributed by atoms with E-state index in [2.05, 4.69) is 18.7 Å². The number of hydrogen-bond donors (Lipinski definition) is 1. The number of rotatable bonds is 34. The molecule has 0 heterocycles. The SMILES string of the molecule is CCCCCCCC(CCCCCCC)CCCC(=O)OCCC(CCCCCCCCCCO)OC(=O)OCCCN(C)C. The van der Waals surface area contributed by atoms with E-state index in [0.717, 1.165) is 70.3 Å². The Hall–Kier alpha value is -1.34. The summed E-state index contributed by atoms with van der Waals surface area (Å²) in [6.07, 6.45) is 28.2. The molecular formula is C38H75NO6. The third-order valence-corrected chi connectivity index (χ3v) is 8.79. The van der Waals surface area contributed by atoms with Gasteiger partial charge in [0, 0.05) is 26.0 Å². The molecule has 0 aliphatic carbocycles. The molecule has 0 saturated heterocycles. The molecule has 7 heteroatoms. The highest BCUT2D eigenvalue weighted by Gasteiger charge is 2.17. The molecule has 0 aliphatic rings. The van der Waals surface area contributed by atoms with E-state index in [4.69, 9.17) is 19.3 Å². The molecule has 0 bridgehead atoms. The molecular weight excluding hydrogens is 566 g/mol. The molecule has 1 N–H and O–H groups in total. The van der Waals surface area contributed by atoms with Crippen molar-refractivity contribution in [2.24, 2.45) is 5.92 Å². The van der Waals surface area contributed by atoms with Crippen LogP contribution in [0.5, 0.6) is 0 Å². The summed E-state index contributed by atoms with van der Waals surface area (Å²) in [7, 11) is 3.99. The predicted molar refractivity (Wildman–Crippen MR) is 188 cm³/mol. The predicted octanol–water partition coefficient (Wildman–Crippen LogP) is 10.4. The van der Waals surface area contributed by atoms with Crippen molar-refractivity contribution >= 4 is 12.1 Å². The second-order valence-corrected chi connectivity index (χ2v) is 13.5. The van der Waals surface area contributed by atoms with Crippen LogP contribution in [0.15, 0.2) is 0 Å². The molecule has 0 aromatic heterocycles. The van der Waals surface area contributed by atoms with Gasteiger partial charge < -0.3 is 24.2 Å². The third-order valence-electron chi connectivity index (χ3n) is 8.79. The average Bonchev–Trinajstić information content (AvgIpc) is 3.01. The number of aliphatic hydroxyl groups excluding tert-OH is 1. The van der Waals surface area contributed by atoms with E-state index in [-0.39, 0.29) is 25.3 Å². The zero-order valence-electron chi connectivity index (χ0n) is 30.3. The van der Waals surface area contributed by atoms with E-state index >= 15 is 0 Å². The van der Waals surface area contributed by atoms with Crippen molar-refractivity contribution < 1.29 is 28.9 Å². The van der Waals surface area contributed by atoms with Gasteiger partial charge in [0.15, 0.2) is 0 Å². The minimum Gasteiger partial charge on any atom is -0.466 e. The summed E-state index contributed by atoms with van der Waals surface area (Å²) in [5, 5.41) is 8.90. The van der Waals surface area contributed by atoms with Crippen molar-refractivity contribution in [1.29, 1.82) is 0 Å². The molecule has 0 aromatic rings. The Balaban J connectivity index is 4.51. The Morgan fingerprint density at radius 2 is 1.09 bits per heavy atom. The van der Waals surface area contributed by atoms with Gasteiger partial charge in [-0.3, -0.25) is 4.79 Å². The smallest absolute Gasteiger partial charge is 0.466 e. The Kier molecular flexibility index (Phi) is 33.0. The van der Waals surface area contributed by atoms with Gasteiger partial charge in [-0.1, -0.05) is 129 Å². The first-order valence-corrected chi connectivity index (χ1v) is 19.2. The van der Waals surface area contributed by atoms with Gasteiger partial charge in [-0.25, -0.2) is 4.79 Å². The van der Waals surface area contributed by atoms with Crippen LogP contribution in [0.1, 0.15) is 181 Å². The summed E-state index contributed by atoms with van der Waals surface area (Å²) in [5.41, 5.74) is 0. The van der Waals surface area contributed by atoms with Crippen molar-refractivity contribution in [1.82, 2.24) is 4.90 Å². The van der Waals surface area contributed by atoms with E-state index in [1.807, 2.05) is 14.1 Å². The van der Waals surface area contributed by atoms with Crippen LogP contribution in [0.4, 0.5) is 4.79 Å². The van der Waals surface area contributed by atoms with E-state index < -0.39 is 6.16 Å². The van der Waals surface area contributed by atoms with Crippen LogP contribution in [-0.4, -0.2) is 68.7 Å². The Morgan fingerprint density at radius 3 is 1.64 bits per heavy atom. The van der Waals surface area contributed by atoms with Crippen molar-refractivity contribution in [3.8, 4) is 0 Å². The molecule has 1 unspecified atom stereocenters. The monoisotopic (exact) mass is 642 g/mol. The molecule has 1 atom stereocenters. The highest BCUT2D eigenvalue weighted by molar-refractivity contribution is 5.69. The molecule has 0 radical (unpaired) electrons. The fraction of sp³-hybridized carbons (Fsp3) is 0.947. The fourth-order valence-electron chi connectivity index (χ4n) is 5.93. The van der Waals surface area contributed by atoms with Crippen LogP contribution >= 0.6 is 0 Å². The van der Waals surface area contributed by atoms with Crippen molar-refractivity contribution in [2.45, 2.75) is 187 Å². The third kappa shape index (κ3) is 32.4. The highest BCUT2D eigenvalue weighted by Crippen LogP contribution is 2.24. The zero-order valence-corrected chi connectivity index (χ0v) is 30.3. The molecule has 268 valence electrons. The van der Waals surface area contributed by atoms with E-state index in [1.165, 1.54) is 96.3 Å². The van der Waals surface area contributed by atoms with Gasteiger partial charge in [0.05, 0.1) is 13.2 Å². The average molecular weight is 642 g/mol. The van der Waals surface area contributed by atoms with Crippen LogP contribution in [-0.2, 0) is 19.0 Å². The van der Waals surface area contributed by atoms with E-state index in [0.29, 0.717) is 19.4 Å². The summed E-state index contributed by atoms with van der Waals surface area (Å²) < 4.78 is 16.6. The first kappa shape index (κ1) is 43.7. The lowest BCUT2D eigenvalue weighted by molar-refractivity contribution is -0.144. The Labute approximate surface area is 278 Å². The summed E-state index contributed by atoms with van der Waals surface area (Å²) >= 11 is 0. The lowest BCUT2D eigenvalue weighted by Gasteiger charge is -2.18. The topological polar surface area (TPSA) is 85.3 Å². The quantitative estimate of drug-likeness (QED) is 0.0553. The number of esters is 1. The number of ether oxygens (including phenoxy) is 3. The number of aliphatic hydroxyl groups is 1. The molecule has 0 rings (SSSR count). The standard InChI is InChI=1S/C38H75NO6/c1-5-7-9-15-19-25-35(26-20-16-10-8-6-2)27-23-29-37(41)43-34-30-36(45-38(42)44-33-24-31-39(3)4)28-21-17-13-11-12-14-18-22-32-40/h35-36,40H,5-34H2,1-4H3. The number of hydrogen-bond acceptors (Lipinski definition) is 7.